The smallest absolute Gasteiger partial charge is 0.191 e. The number of aryl methyl sites for hydroxylation is 1. The largest absolute Gasteiger partial charge is 0.355 e. The van der Waals surface area contributed by atoms with Crippen molar-refractivity contribution in [3.63, 3.8) is 0 Å². The molecular weight excluding hydrogens is 389 g/mol. The van der Waals surface area contributed by atoms with E-state index >= 15 is 0 Å². The Kier molecular flexibility index (Phi) is 12.3. The second-order valence-corrected chi connectivity index (χ2v) is 5.67. The van der Waals surface area contributed by atoms with Crippen LogP contribution in [0.1, 0.15) is 51.5 Å². The summed E-state index contributed by atoms with van der Waals surface area (Å²) in [5.41, 5.74) is 1.19. The van der Waals surface area contributed by atoms with E-state index in [4.69, 9.17) is 0 Å². The normalized spacial score (nSPS) is 12.6. The highest BCUT2D eigenvalue weighted by Crippen LogP contribution is 2.05. The molecular formula is C16H32IN5. The summed E-state index contributed by atoms with van der Waals surface area (Å²) >= 11 is 0. The molecule has 1 aromatic heterocycles. The van der Waals surface area contributed by atoms with Gasteiger partial charge in [0.25, 0.3) is 0 Å². The van der Waals surface area contributed by atoms with Crippen molar-refractivity contribution in [3.8, 4) is 0 Å². The zero-order chi connectivity index (χ0) is 15.5. The Balaban J connectivity index is 0.00000441. The Morgan fingerprint density at radius 2 is 2.14 bits per heavy atom. The van der Waals surface area contributed by atoms with Crippen molar-refractivity contribution in [1.82, 2.24) is 20.4 Å². The second kappa shape index (κ2) is 12.7. The Labute approximate surface area is 152 Å². The average molecular weight is 421 g/mol. The fourth-order valence-electron chi connectivity index (χ4n) is 2.26. The summed E-state index contributed by atoms with van der Waals surface area (Å²) in [7, 11) is 1.82. The van der Waals surface area contributed by atoms with Gasteiger partial charge in [0, 0.05) is 25.8 Å². The lowest BCUT2D eigenvalue weighted by Gasteiger charge is -2.17. The first-order valence-electron chi connectivity index (χ1n) is 8.12. The van der Waals surface area contributed by atoms with Crippen molar-refractivity contribution >= 4 is 29.9 Å². The van der Waals surface area contributed by atoms with Crippen molar-refractivity contribution in [2.75, 3.05) is 13.6 Å². The Bertz CT molecular complexity index is 416. The monoisotopic (exact) mass is 421 g/mol. The lowest BCUT2D eigenvalue weighted by molar-refractivity contribution is 0.532. The predicted molar refractivity (Wildman–Crippen MR) is 105 cm³/mol. The molecule has 2 N–H and O–H groups in total. The first-order valence-corrected chi connectivity index (χ1v) is 8.12. The number of guanidine groups is 1. The maximum absolute atomic E-state index is 4.27. The number of nitrogens with one attached hydrogen (secondary N) is 2. The van der Waals surface area contributed by atoms with Crippen molar-refractivity contribution in [3.05, 3.63) is 18.0 Å². The molecule has 22 heavy (non-hydrogen) atoms. The van der Waals surface area contributed by atoms with E-state index in [0.29, 0.717) is 6.04 Å². The molecule has 6 heteroatoms. The van der Waals surface area contributed by atoms with Gasteiger partial charge in [-0.05, 0) is 25.8 Å². The standard InChI is InChI=1S/C16H31N5.HI/c1-5-6-7-8-9-15(3)20-16(17-4)18-10-11-21-13-14(2)12-19-21;/h12-13,15H,5-11H2,1-4H3,(H2,17,18,20);1H. The van der Waals surface area contributed by atoms with Crippen LogP contribution in [0, 0.1) is 6.92 Å². The summed E-state index contributed by atoms with van der Waals surface area (Å²) < 4.78 is 1.95. The van der Waals surface area contributed by atoms with Crippen molar-refractivity contribution in [2.45, 2.75) is 65.5 Å². The van der Waals surface area contributed by atoms with E-state index in [1.807, 2.05) is 24.1 Å². The first-order chi connectivity index (χ1) is 10.2. The van der Waals surface area contributed by atoms with Gasteiger partial charge in [-0.2, -0.15) is 5.10 Å². The molecule has 0 amide bonds. The van der Waals surface area contributed by atoms with E-state index < -0.39 is 0 Å². The highest BCUT2D eigenvalue weighted by molar-refractivity contribution is 14.0. The number of aromatic nitrogens is 2. The first kappa shape index (κ1) is 21.2. The lowest BCUT2D eigenvalue weighted by atomic mass is 10.1. The molecule has 0 aliphatic heterocycles. The summed E-state index contributed by atoms with van der Waals surface area (Å²) in [6, 6.07) is 0.458. The van der Waals surface area contributed by atoms with Crippen molar-refractivity contribution in [2.24, 2.45) is 4.99 Å². The van der Waals surface area contributed by atoms with Gasteiger partial charge in [-0.15, -0.1) is 24.0 Å². The minimum atomic E-state index is 0. The van der Waals surface area contributed by atoms with Crippen LogP contribution in [0.25, 0.3) is 0 Å². The SMILES string of the molecule is CCCCCCC(C)NC(=NC)NCCn1cc(C)cn1.I. The fraction of sp³-hybridized carbons (Fsp3) is 0.750. The zero-order valence-corrected chi connectivity index (χ0v) is 16.8. The maximum Gasteiger partial charge on any atom is 0.191 e. The van der Waals surface area contributed by atoms with Crippen LogP contribution in [0.3, 0.4) is 0 Å². The molecule has 0 aliphatic carbocycles. The summed E-state index contributed by atoms with van der Waals surface area (Å²) in [4.78, 5) is 4.27. The topological polar surface area (TPSA) is 54.2 Å². The van der Waals surface area contributed by atoms with Crippen molar-refractivity contribution < 1.29 is 0 Å². The van der Waals surface area contributed by atoms with Gasteiger partial charge in [0.05, 0.1) is 12.7 Å². The number of aliphatic imine (C=N–C) groups is 1. The second-order valence-electron chi connectivity index (χ2n) is 5.67. The van der Waals surface area contributed by atoms with Crippen LogP contribution < -0.4 is 10.6 Å². The number of hydrogen-bond acceptors (Lipinski definition) is 2. The highest BCUT2D eigenvalue weighted by atomic mass is 127. The summed E-state index contributed by atoms with van der Waals surface area (Å²) in [6.45, 7) is 8.19. The molecule has 1 heterocycles. The fourth-order valence-corrected chi connectivity index (χ4v) is 2.26. The molecule has 0 bridgehead atoms. The van der Waals surface area contributed by atoms with Crippen LogP contribution in [0.2, 0.25) is 0 Å². The number of nitrogens with zero attached hydrogens (tertiary/aromatic N) is 3. The number of halogens is 1. The van der Waals surface area contributed by atoms with E-state index in [-0.39, 0.29) is 24.0 Å². The number of unbranched alkanes of at least 4 members (excludes halogenated alkanes) is 3. The molecule has 0 saturated heterocycles. The Morgan fingerprint density at radius 1 is 1.36 bits per heavy atom. The molecule has 0 aromatic carbocycles. The maximum atomic E-state index is 4.27. The molecule has 0 saturated carbocycles. The van der Waals surface area contributed by atoms with Crippen LogP contribution in [0.4, 0.5) is 0 Å². The molecule has 128 valence electrons. The van der Waals surface area contributed by atoms with E-state index in [2.05, 4.69) is 41.5 Å². The van der Waals surface area contributed by atoms with Gasteiger partial charge in [0.15, 0.2) is 5.96 Å². The van der Waals surface area contributed by atoms with Crippen LogP contribution in [-0.2, 0) is 6.54 Å². The summed E-state index contributed by atoms with van der Waals surface area (Å²) in [5.74, 6) is 0.877. The van der Waals surface area contributed by atoms with Gasteiger partial charge >= 0.3 is 0 Å². The van der Waals surface area contributed by atoms with E-state index in [1.165, 1.54) is 37.7 Å². The van der Waals surface area contributed by atoms with Gasteiger partial charge in [0.2, 0.25) is 0 Å². The van der Waals surface area contributed by atoms with Crippen LogP contribution in [0.5, 0.6) is 0 Å². The van der Waals surface area contributed by atoms with E-state index in [9.17, 15) is 0 Å². The molecule has 1 aromatic rings. The quantitative estimate of drug-likeness (QED) is 0.278. The molecule has 0 spiro atoms. The third-order valence-electron chi connectivity index (χ3n) is 3.49. The Morgan fingerprint density at radius 3 is 2.73 bits per heavy atom. The molecule has 0 aliphatic rings. The van der Waals surface area contributed by atoms with Gasteiger partial charge < -0.3 is 10.6 Å². The third kappa shape index (κ3) is 9.27. The van der Waals surface area contributed by atoms with Crippen LogP contribution in [0.15, 0.2) is 17.4 Å². The zero-order valence-electron chi connectivity index (χ0n) is 14.4. The molecule has 0 radical (unpaired) electrons. The van der Waals surface area contributed by atoms with Gasteiger partial charge in [-0.3, -0.25) is 9.67 Å². The minimum absolute atomic E-state index is 0. The summed E-state index contributed by atoms with van der Waals surface area (Å²) in [5, 5.41) is 11.1. The van der Waals surface area contributed by atoms with E-state index in [1.54, 1.807) is 0 Å². The molecule has 1 unspecified atom stereocenters. The van der Waals surface area contributed by atoms with Crippen LogP contribution >= 0.6 is 24.0 Å². The van der Waals surface area contributed by atoms with Crippen molar-refractivity contribution in [1.29, 1.82) is 0 Å². The predicted octanol–water partition coefficient (Wildman–Crippen LogP) is 3.33. The molecule has 1 atom stereocenters. The molecule has 5 nitrogen and oxygen atoms in total. The third-order valence-corrected chi connectivity index (χ3v) is 3.49. The van der Waals surface area contributed by atoms with Gasteiger partial charge in [0.1, 0.15) is 0 Å². The average Bonchev–Trinajstić information content (AvgIpc) is 2.88. The summed E-state index contributed by atoms with van der Waals surface area (Å²) in [6.07, 6.45) is 10.4. The number of hydrogen-bond donors (Lipinski definition) is 2. The van der Waals surface area contributed by atoms with Gasteiger partial charge in [-0.1, -0.05) is 32.6 Å². The minimum Gasteiger partial charge on any atom is -0.355 e. The van der Waals surface area contributed by atoms with E-state index in [0.717, 1.165) is 19.0 Å². The highest BCUT2D eigenvalue weighted by Gasteiger charge is 2.04. The molecule has 1 rings (SSSR count). The number of rotatable bonds is 9. The Hall–Kier alpha value is -0.790. The molecule has 0 fully saturated rings. The van der Waals surface area contributed by atoms with Crippen LogP contribution in [-0.4, -0.2) is 35.4 Å². The van der Waals surface area contributed by atoms with Gasteiger partial charge in [-0.25, -0.2) is 0 Å². The lowest BCUT2D eigenvalue weighted by Crippen LogP contribution is -2.43.